The zero-order chi connectivity index (χ0) is 15.4. The fourth-order valence-corrected chi connectivity index (χ4v) is 2.91. The van der Waals surface area contributed by atoms with Crippen LogP contribution >= 0.6 is 0 Å². The summed E-state index contributed by atoms with van der Waals surface area (Å²) in [6, 6.07) is 3.19. The lowest BCUT2D eigenvalue weighted by molar-refractivity contribution is -0.142. The molecule has 6 nitrogen and oxygen atoms in total. The van der Waals surface area contributed by atoms with E-state index < -0.39 is 17.7 Å². The van der Waals surface area contributed by atoms with E-state index in [0.717, 1.165) is 10.7 Å². The first-order chi connectivity index (χ1) is 10.5. The van der Waals surface area contributed by atoms with Gasteiger partial charge in [0, 0.05) is 13.0 Å². The Labute approximate surface area is 123 Å². The van der Waals surface area contributed by atoms with Crippen LogP contribution in [0.25, 0.3) is 5.65 Å². The molecule has 2 aliphatic rings. The average Bonchev–Trinajstić information content (AvgIpc) is 3.18. The maximum absolute atomic E-state index is 12.9. The van der Waals surface area contributed by atoms with E-state index in [2.05, 4.69) is 10.1 Å². The second-order valence-corrected chi connectivity index (χ2v) is 5.38. The second-order valence-electron chi connectivity index (χ2n) is 5.38. The Kier molecular flexibility index (Phi) is 2.85. The van der Waals surface area contributed by atoms with Crippen LogP contribution in [0, 0.1) is 0 Å². The first-order valence-corrected chi connectivity index (χ1v) is 6.92. The van der Waals surface area contributed by atoms with Gasteiger partial charge in [-0.05, 0) is 12.1 Å². The normalized spacial score (nSPS) is 21.3. The number of ether oxygens (including phenoxy) is 2. The number of fused-ring (bicyclic) bond motifs is 1. The highest BCUT2D eigenvalue weighted by Gasteiger charge is 2.44. The molecule has 2 fully saturated rings. The maximum atomic E-state index is 12.9. The van der Waals surface area contributed by atoms with Crippen molar-refractivity contribution < 1.29 is 22.6 Å². The SMILES string of the molecule is FC(F)(F)c1cnc2ccc(N3CCC4(C3)OCCO4)nn12. The van der Waals surface area contributed by atoms with Gasteiger partial charge in [0.2, 0.25) is 0 Å². The Morgan fingerprint density at radius 3 is 2.68 bits per heavy atom. The fourth-order valence-electron chi connectivity index (χ4n) is 2.91. The van der Waals surface area contributed by atoms with E-state index >= 15 is 0 Å². The van der Waals surface area contributed by atoms with Gasteiger partial charge in [-0.2, -0.15) is 13.2 Å². The van der Waals surface area contributed by atoms with Crippen LogP contribution < -0.4 is 4.90 Å². The van der Waals surface area contributed by atoms with Crippen LogP contribution in [0.15, 0.2) is 18.3 Å². The number of imidazole rings is 1. The molecule has 2 aromatic rings. The number of anilines is 1. The van der Waals surface area contributed by atoms with E-state index in [1.165, 1.54) is 6.07 Å². The van der Waals surface area contributed by atoms with Crippen LogP contribution in [-0.2, 0) is 15.7 Å². The van der Waals surface area contributed by atoms with E-state index in [1.807, 2.05) is 4.90 Å². The largest absolute Gasteiger partial charge is 0.435 e. The minimum atomic E-state index is -4.49. The minimum Gasteiger partial charge on any atom is -0.350 e. The summed E-state index contributed by atoms with van der Waals surface area (Å²) in [6.45, 7) is 2.16. The zero-order valence-electron chi connectivity index (χ0n) is 11.5. The predicted molar refractivity (Wildman–Crippen MR) is 69.5 cm³/mol. The number of rotatable bonds is 1. The molecule has 2 saturated heterocycles. The molecule has 9 heteroatoms. The van der Waals surface area contributed by atoms with Crippen LogP contribution in [0.1, 0.15) is 12.1 Å². The topological polar surface area (TPSA) is 51.9 Å². The molecule has 0 unspecified atom stereocenters. The summed E-state index contributed by atoms with van der Waals surface area (Å²) in [6.07, 6.45) is -3.03. The van der Waals surface area contributed by atoms with Crippen LogP contribution in [0.2, 0.25) is 0 Å². The lowest BCUT2D eigenvalue weighted by atomic mass is 10.2. The van der Waals surface area contributed by atoms with Gasteiger partial charge in [-0.3, -0.25) is 0 Å². The first kappa shape index (κ1) is 13.8. The van der Waals surface area contributed by atoms with E-state index in [9.17, 15) is 13.2 Å². The van der Waals surface area contributed by atoms with Crippen LogP contribution in [0.3, 0.4) is 0 Å². The summed E-state index contributed by atoms with van der Waals surface area (Å²) in [7, 11) is 0. The van der Waals surface area contributed by atoms with Crippen LogP contribution in [0.5, 0.6) is 0 Å². The maximum Gasteiger partial charge on any atom is 0.435 e. The minimum absolute atomic E-state index is 0.165. The number of halogens is 3. The lowest BCUT2D eigenvalue weighted by Crippen LogP contribution is -2.34. The summed E-state index contributed by atoms with van der Waals surface area (Å²) < 4.78 is 50.9. The van der Waals surface area contributed by atoms with Gasteiger partial charge in [0.1, 0.15) is 5.82 Å². The van der Waals surface area contributed by atoms with Crippen molar-refractivity contribution in [2.75, 3.05) is 31.2 Å². The monoisotopic (exact) mass is 314 g/mol. The fraction of sp³-hybridized carbons (Fsp3) is 0.538. The molecule has 0 amide bonds. The Morgan fingerprint density at radius 1 is 1.18 bits per heavy atom. The molecule has 0 bridgehead atoms. The summed E-state index contributed by atoms with van der Waals surface area (Å²) in [5, 5.41) is 4.09. The number of aromatic nitrogens is 3. The Morgan fingerprint density at radius 2 is 1.95 bits per heavy atom. The first-order valence-electron chi connectivity index (χ1n) is 6.92. The van der Waals surface area contributed by atoms with Gasteiger partial charge in [-0.25, -0.2) is 9.50 Å². The van der Waals surface area contributed by atoms with E-state index in [4.69, 9.17) is 9.47 Å². The van der Waals surface area contributed by atoms with Gasteiger partial charge in [-0.15, -0.1) is 5.10 Å². The summed E-state index contributed by atoms with van der Waals surface area (Å²) in [5.74, 6) is -0.190. The summed E-state index contributed by atoms with van der Waals surface area (Å²) >= 11 is 0. The van der Waals surface area contributed by atoms with E-state index in [0.29, 0.717) is 38.5 Å². The molecule has 0 aromatic carbocycles. The standard InChI is InChI=1S/C13H13F3N4O2/c14-13(15,16)9-7-17-10-1-2-11(18-20(9)10)19-4-3-12(8-19)21-5-6-22-12/h1-2,7H,3-6,8H2. The van der Waals surface area contributed by atoms with Crippen molar-refractivity contribution in [3.05, 3.63) is 24.0 Å². The Hall–Kier alpha value is -1.87. The molecule has 118 valence electrons. The molecule has 4 rings (SSSR count). The number of alkyl halides is 3. The van der Waals surface area contributed by atoms with Crippen LogP contribution in [-0.4, -0.2) is 46.7 Å². The second kappa shape index (κ2) is 4.56. The van der Waals surface area contributed by atoms with E-state index in [1.54, 1.807) is 6.07 Å². The molecule has 2 aromatic heterocycles. The molecule has 0 radical (unpaired) electrons. The molecule has 0 aliphatic carbocycles. The quantitative estimate of drug-likeness (QED) is 0.802. The average molecular weight is 314 g/mol. The van der Waals surface area contributed by atoms with Crippen molar-refractivity contribution in [3.8, 4) is 0 Å². The van der Waals surface area contributed by atoms with Gasteiger partial charge in [-0.1, -0.05) is 0 Å². The van der Waals surface area contributed by atoms with Crippen molar-refractivity contribution in [1.82, 2.24) is 14.6 Å². The van der Waals surface area contributed by atoms with Gasteiger partial charge in [0.15, 0.2) is 17.1 Å². The third-order valence-electron chi connectivity index (χ3n) is 3.97. The van der Waals surface area contributed by atoms with Crippen LogP contribution in [0.4, 0.5) is 19.0 Å². The molecular formula is C13H13F3N4O2. The smallest absolute Gasteiger partial charge is 0.350 e. The van der Waals surface area contributed by atoms with E-state index in [-0.39, 0.29) is 5.65 Å². The highest BCUT2D eigenvalue weighted by molar-refractivity contribution is 5.48. The van der Waals surface area contributed by atoms with Gasteiger partial charge in [0.05, 0.1) is 26.0 Å². The third kappa shape index (κ3) is 2.12. The van der Waals surface area contributed by atoms with Gasteiger partial charge < -0.3 is 14.4 Å². The zero-order valence-corrected chi connectivity index (χ0v) is 11.5. The molecular weight excluding hydrogens is 301 g/mol. The third-order valence-corrected chi connectivity index (χ3v) is 3.97. The number of hydrogen-bond donors (Lipinski definition) is 0. The summed E-state index contributed by atoms with van der Waals surface area (Å²) in [5.41, 5.74) is -0.718. The number of hydrogen-bond acceptors (Lipinski definition) is 5. The summed E-state index contributed by atoms with van der Waals surface area (Å²) in [4.78, 5) is 5.60. The van der Waals surface area contributed by atoms with Gasteiger partial charge in [0.25, 0.3) is 0 Å². The lowest BCUT2D eigenvalue weighted by Gasteiger charge is -2.22. The molecule has 0 N–H and O–H groups in total. The van der Waals surface area contributed by atoms with Crippen molar-refractivity contribution in [3.63, 3.8) is 0 Å². The Balaban J connectivity index is 1.68. The highest BCUT2D eigenvalue weighted by atomic mass is 19.4. The van der Waals surface area contributed by atoms with Crippen molar-refractivity contribution in [2.24, 2.45) is 0 Å². The molecule has 4 heterocycles. The molecule has 0 saturated carbocycles. The molecule has 22 heavy (non-hydrogen) atoms. The van der Waals surface area contributed by atoms with Crippen molar-refractivity contribution in [2.45, 2.75) is 18.4 Å². The van der Waals surface area contributed by atoms with Crippen molar-refractivity contribution in [1.29, 1.82) is 0 Å². The highest BCUT2D eigenvalue weighted by Crippen LogP contribution is 2.33. The predicted octanol–water partition coefficient (Wildman–Crippen LogP) is 1.70. The van der Waals surface area contributed by atoms with Gasteiger partial charge >= 0.3 is 6.18 Å². The van der Waals surface area contributed by atoms with Crippen molar-refractivity contribution >= 4 is 11.5 Å². The Bertz CT molecular complexity index is 709. The molecule has 2 aliphatic heterocycles. The molecule has 1 spiro atoms. The molecule has 0 atom stereocenters. The number of nitrogens with zero attached hydrogens (tertiary/aromatic N) is 4.